The first-order valence-corrected chi connectivity index (χ1v) is 13.2. The fraction of sp³-hybridized carbons (Fsp3) is 0.333. The number of primary sulfonamides is 1. The third-order valence-corrected chi connectivity index (χ3v) is 7.64. The predicted octanol–water partition coefficient (Wildman–Crippen LogP) is 3.01. The zero-order chi connectivity index (χ0) is 23.1. The number of hydrogen-bond acceptors (Lipinski definition) is 7. The molecule has 0 bridgehead atoms. The Morgan fingerprint density at radius 3 is 2.59 bits per heavy atom. The molecule has 1 amide bonds. The van der Waals surface area contributed by atoms with E-state index in [0.717, 1.165) is 21.9 Å². The Kier molecular flexibility index (Phi) is 8.49. The van der Waals surface area contributed by atoms with Gasteiger partial charge in [-0.15, -0.1) is 11.8 Å². The quantitative estimate of drug-likeness (QED) is 0.342. The van der Waals surface area contributed by atoms with Crippen LogP contribution in [0.4, 0.5) is 0 Å². The molecule has 0 unspecified atom stereocenters. The molecule has 1 heterocycles. The van der Waals surface area contributed by atoms with Crippen LogP contribution in [-0.4, -0.2) is 45.5 Å². The largest absolute Gasteiger partial charge is 0.497 e. The molecule has 0 saturated heterocycles. The van der Waals surface area contributed by atoms with Crippen molar-refractivity contribution in [2.45, 2.75) is 29.2 Å². The molecular formula is C21H25N3O5S3. The van der Waals surface area contributed by atoms with Gasteiger partial charge in [-0.05, 0) is 54.6 Å². The summed E-state index contributed by atoms with van der Waals surface area (Å²) in [7, 11) is -0.589. The fourth-order valence-electron chi connectivity index (χ4n) is 2.96. The number of nitrogens with two attached hydrogens (primary N) is 1. The van der Waals surface area contributed by atoms with Crippen LogP contribution in [0.5, 0.6) is 5.75 Å². The molecular weight excluding hydrogens is 470 g/mol. The highest BCUT2D eigenvalue weighted by atomic mass is 32.2. The van der Waals surface area contributed by atoms with Gasteiger partial charge in [0.2, 0.25) is 15.9 Å². The Hall–Kier alpha value is -2.18. The first-order chi connectivity index (χ1) is 15.3. The van der Waals surface area contributed by atoms with Crippen molar-refractivity contribution in [1.82, 2.24) is 4.57 Å². The monoisotopic (exact) mass is 495 g/mol. The zero-order valence-corrected chi connectivity index (χ0v) is 20.3. The number of amides is 1. The Bertz CT molecular complexity index is 1250. The number of carbonyl (C=O) groups excluding carboxylic acids is 1. The summed E-state index contributed by atoms with van der Waals surface area (Å²) in [4.78, 5) is 18.4. The van der Waals surface area contributed by atoms with E-state index < -0.39 is 10.0 Å². The maximum atomic E-state index is 12.5. The van der Waals surface area contributed by atoms with Gasteiger partial charge in [-0.25, -0.2) is 13.6 Å². The second-order valence-electron chi connectivity index (χ2n) is 6.84. The van der Waals surface area contributed by atoms with Crippen LogP contribution in [0.2, 0.25) is 0 Å². The molecule has 0 aliphatic heterocycles. The van der Waals surface area contributed by atoms with Gasteiger partial charge < -0.3 is 14.0 Å². The molecule has 0 atom stereocenters. The van der Waals surface area contributed by atoms with Crippen molar-refractivity contribution >= 4 is 49.2 Å². The maximum Gasteiger partial charge on any atom is 0.248 e. The molecule has 0 fully saturated rings. The first kappa shape index (κ1) is 24.5. The molecule has 3 aromatic rings. The molecule has 0 aliphatic rings. The first-order valence-electron chi connectivity index (χ1n) is 9.81. The van der Waals surface area contributed by atoms with Crippen LogP contribution in [-0.2, 0) is 26.1 Å². The number of carbonyl (C=O) groups is 1. The third-order valence-electron chi connectivity index (χ3n) is 4.59. The van der Waals surface area contributed by atoms with E-state index in [9.17, 15) is 13.2 Å². The van der Waals surface area contributed by atoms with Crippen LogP contribution in [0, 0.1) is 0 Å². The van der Waals surface area contributed by atoms with E-state index in [1.54, 1.807) is 32.0 Å². The standard InChI is InChI=1S/C21H25N3O5S3/c1-28-12-11-24-18-10-9-17(32(22,26)27)14-19(18)31-21(24)23-20(25)4-3-13-30-16-7-5-15(29-2)6-8-16/h5-10,14H,3-4,11-13H2,1-2H3,(H2,22,26,27). The number of hydrogen-bond donors (Lipinski definition) is 1. The average Bonchev–Trinajstić information content (AvgIpc) is 3.11. The van der Waals surface area contributed by atoms with E-state index in [-0.39, 0.29) is 10.8 Å². The van der Waals surface area contributed by atoms with Crippen molar-refractivity contribution in [3.8, 4) is 5.75 Å². The van der Waals surface area contributed by atoms with Crippen molar-refractivity contribution in [2.75, 3.05) is 26.6 Å². The number of sulfonamides is 1. The lowest BCUT2D eigenvalue weighted by Gasteiger charge is -2.05. The van der Waals surface area contributed by atoms with Crippen molar-refractivity contribution in [2.24, 2.45) is 10.1 Å². The number of rotatable bonds is 10. The number of fused-ring (bicyclic) bond motifs is 1. The van der Waals surface area contributed by atoms with Gasteiger partial charge in [0.1, 0.15) is 5.75 Å². The number of thioether (sulfide) groups is 1. The van der Waals surface area contributed by atoms with E-state index in [2.05, 4.69) is 4.99 Å². The molecule has 32 heavy (non-hydrogen) atoms. The number of methoxy groups -OCH3 is 2. The molecule has 172 valence electrons. The Balaban J connectivity index is 1.72. The summed E-state index contributed by atoms with van der Waals surface area (Å²) in [6, 6.07) is 12.4. The topological polar surface area (TPSA) is 113 Å². The molecule has 1 aromatic heterocycles. The van der Waals surface area contributed by atoms with Crippen molar-refractivity contribution < 1.29 is 22.7 Å². The SMILES string of the molecule is COCCn1c(=NC(=O)CCCSc2ccc(OC)cc2)sc2cc(S(N)(=O)=O)ccc21. The maximum absolute atomic E-state index is 12.5. The predicted molar refractivity (Wildman–Crippen MR) is 127 cm³/mol. The van der Waals surface area contributed by atoms with Gasteiger partial charge in [0, 0.05) is 25.0 Å². The summed E-state index contributed by atoms with van der Waals surface area (Å²) in [5.41, 5.74) is 0.779. The molecule has 2 N–H and O–H groups in total. The molecule has 8 nitrogen and oxygen atoms in total. The van der Waals surface area contributed by atoms with E-state index >= 15 is 0 Å². The molecule has 0 saturated carbocycles. The molecule has 11 heteroatoms. The van der Waals surface area contributed by atoms with Crippen LogP contribution in [0.3, 0.4) is 0 Å². The minimum absolute atomic E-state index is 0.0265. The summed E-state index contributed by atoms with van der Waals surface area (Å²) >= 11 is 2.93. The van der Waals surface area contributed by atoms with E-state index in [4.69, 9.17) is 14.6 Å². The van der Waals surface area contributed by atoms with Crippen LogP contribution in [0.1, 0.15) is 12.8 Å². The Morgan fingerprint density at radius 2 is 1.94 bits per heavy atom. The van der Waals surface area contributed by atoms with E-state index in [0.29, 0.717) is 35.5 Å². The average molecular weight is 496 g/mol. The van der Waals surface area contributed by atoms with Crippen LogP contribution in [0.15, 0.2) is 57.2 Å². The summed E-state index contributed by atoms with van der Waals surface area (Å²) in [5, 5.41) is 5.24. The number of benzene rings is 2. The molecule has 0 radical (unpaired) electrons. The van der Waals surface area contributed by atoms with Crippen molar-refractivity contribution in [3.05, 3.63) is 47.3 Å². The zero-order valence-electron chi connectivity index (χ0n) is 17.8. The smallest absolute Gasteiger partial charge is 0.248 e. The highest BCUT2D eigenvalue weighted by Crippen LogP contribution is 2.23. The summed E-state index contributed by atoms with van der Waals surface area (Å²) in [5.74, 6) is 1.39. The minimum atomic E-state index is -3.81. The van der Waals surface area contributed by atoms with E-state index in [1.165, 1.54) is 23.5 Å². The minimum Gasteiger partial charge on any atom is -0.497 e. The van der Waals surface area contributed by atoms with Crippen LogP contribution in [0.25, 0.3) is 10.2 Å². The third kappa shape index (κ3) is 6.42. The lowest BCUT2D eigenvalue weighted by atomic mass is 10.3. The Morgan fingerprint density at radius 1 is 1.19 bits per heavy atom. The van der Waals surface area contributed by atoms with Gasteiger partial charge in [0.25, 0.3) is 0 Å². The summed E-state index contributed by atoms with van der Waals surface area (Å²) in [6.07, 6.45) is 1.02. The van der Waals surface area contributed by atoms with Gasteiger partial charge >= 0.3 is 0 Å². The van der Waals surface area contributed by atoms with Gasteiger partial charge in [-0.3, -0.25) is 4.79 Å². The number of ether oxygens (including phenoxy) is 2. The molecule has 3 rings (SSSR count). The van der Waals surface area contributed by atoms with Gasteiger partial charge in [0.05, 0.1) is 28.8 Å². The number of thiazole rings is 1. The number of aromatic nitrogens is 1. The van der Waals surface area contributed by atoms with E-state index in [1.807, 2.05) is 28.8 Å². The summed E-state index contributed by atoms with van der Waals surface area (Å²) in [6.45, 7) is 0.924. The fourth-order valence-corrected chi connectivity index (χ4v) is 5.54. The molecule has 0 spiro atoms. The second-order valence-corrected chi connectivity index (χ2v) is 10.6. The normalized spacial score (nSPS) is 12.4. The van der Waals surface area contributed by atoms with Crippen molar-refractivity contribution in [3.63, 3.8) is 0 Å². The highest BCUT2D eigenvalue weighted by Gasteiger charge is 2.13. The van der Waals surface area contributed by atoms with Gasteiger partial charge in [-0.2, -0.15) is 4.99 Å². The lowest BCUT2D eigenvalue weighted by molar-refractivity contribution is -0.118. The Labute approximate surface area is 195 Å². The van der Waals surface area contributed by atoms with Crippen LogP contribution >= 0.6 is 23.1 Å². The molecule has 0 aliphatic carbocycles. The molecule has 2 aromatic carbocycles. The van der Waals surface area contributed by atoms with Crippen molar-refractivity contribution in [1.29, 1.82) is 0 Å². The summed E-state index contributed by atoms with van der Waals surface area (Å²) < 4.78 is 36.2. The van der Waals surface area contributed by atoms with Crippen LogP contribution < -0.4 is 14.7 Å². The highest BCUT2D eigenvalue weighted by molar-refractivity contribution is 7.99. The second kappa shape index (κ2) is 11.1. The van der Waals surface area contributed by atoms with Gasteiger partial charge in [0.15, 0.2) is 4.80 Å². The number of nitrogens with zero attached hydrogens (tertiary/aromatic N) is 2. The van der Waals surface area contributed by atoms with Gasteiger partial charge in [-0.1, -0.05) is 11.3 Å². The lowest BCUT2D eigenvalue weighted by Crippen LogP contribution is -2.19.